The Hall–Kier alpha value is -2.40. The summed E-state index contributed by atoms with van der Waals surface area (Å²) >= 11 is 0. The zero-order valence-corrected chi connectivity index (χ0v) is 20.6. The Kier molecular flexibility index (Phi) is 18.3. The van der Waals surface area contributed by atoms with Crippen molar-refractivity contribution in [2.75, 3.05) is 0 Å². The van der Waals surface area contributed by atoms with Crippen LogP contribution in [0.15, 0.2) is 42.5 Å². The maximum absolute atomic E-state index is 11.7. The number of hydrogen-bond donors (Lipinski definition) is 1. The van der Waals surface area contributed by atoms with Crippen LogP contribution in [0, 0.1) is 5.92 Å². The van der Waals surface area contributed by atoms with Gasteiger partial charge in [0.2, 0.25) is 0 Å². The van der Waals surface area contributed by atoms with Gasteiger partial charge in [0.1, 0.15) is 11.7 Å². The van der Waals surface area contributed by atoms with Gasteiger partial charge in [0, 0.05) is 18.4 Å². The number of carbonyl (C=O) groups excluding carboxylic acids is 2. The van der Waals surface area contributed by atoms with Crippen LogP contribution in [-0.2, 0) is 25.7 Å². The topological polar surface area (TPSA) is 72.8 Å². The van der Waals surface area contributed by atoms with E-state index >= 15 is 0 Å². The van der Waals surface area contributed by atoms with Crippen LogP contribution in [0.25, 0.3) is 6.08 Å². The number of rotatable bonds is 9. The number of hydrogen-bond acceptors (Lipinski definition) is 5. The molecule has 0 radical (unpaired) electrons. The molecule has 0 spiro atoms. The van der Waals surface area contributed by atoms with Crippen LogP contribution in [0.4, 0.5) is 0 Å². The van der Waals surface area contributed by atoms with E-state index in [2.05, 4.69) is 13.8 Å². The SMILES string of the molecule is CC.CCC.C[C@H](/C=C/c1ccc(CO)cc1)[C@H](C/C=C/C(=O)OC(C)(C)C)OC=O. The normalized spacial score (nSPS) is 12.8. The van der Waals surface area contributed by atoms with Crippen molar-refractivity contribution >= 4 is 18.5 Å². The van der Waals surface area contributed by atoms with E-state index in [1.807, 2.05) is 57.2 Å². The van der Waals surface area contributed by atoms with E-state index in [0.29, 0.717) is 12.9 Å². The van der Waals surface area contributed by atoms with Crippen molar-refractivity contribution in [1.82, 2.24) is 0 Å². The van der Waals surface area contributed by atoms with Gasteiger partial charge in [-0.1, -0.05) is 83.5 Å². The van der Waals surface area contributed by atoms with Gasteiger partial charge in [0.05, 0.1) is 6.61 Å². The third kappa shape index (κ3) is 17.0. The monoisotopic (exact) mass is 434 g/mol. The summed E-state index contributed by atoms with van der Waals surface area (Å²) in [5.41, 5.74) is 1.30. The molecule has 0 amide bonds. The highest BCUT2D eigenvalue weighted by Gasteiger charge is 2.16. The first-order valence-electron chi connectivity index (χ1n) is 11.0. The van der Waals surface area contributed by atoms with Crippen molar-refractivity contribution in [2.45, 2.75) is 86.5 Å². The van der Waals surface area contributed by atoms with Gasteiger partial charge in [0.25, 0.3) is 6.47 Å². The number of aliphatic hydroxyl groups is 1. The van der Waals surface area contributed by atoms with E-state index in [4.69, 9.17) is 14.6 Å². The Balaban J connectivity index is 0. The molecular formula is C26H42O5. The summed E-state index contributed by atoms with van der Waals surface area (Å²) in [4.78, 5) is 22.4. The molecule has 31 heavy (non-hydrogen) atoms. The van der Waals surface area contributed by atoms with Crippen molar-refractivity contribution in [1.29, 1.82) is 0 Å². The number of aliphatic hydroxyl groups excluding tert-OH is 1. The highest BCUT2D eigenvalue weighted by atomic mass is 16.6. The van der Waals surface area contributed by atoms with Crippen LogP contribution in [0.5, 0.6) is 0 Å². The molecule has 0 aliphatic carbocycles. The van der Waals surface area contributed by atoms with Crippen LogP contribution < -0.4 is 0 Å². The molecule has 0 aromatic heterocycles. The predicted molar refractivity (Wildman–Crippen MR) is 128 cm³/mol. The minimum Gasteiger partial charge on any atom is -0.464 e. The van der Waals surface area contributed by atoms with E-state index in [0.717, 1.165) is 11.1 Å². The summed E-state index contributed by atoms with van der Waals surface area (Å²) in [5.74, 6) is -0.462. The Morgan fingerprint density at radius 1 is 1.13 bits per heavy atom. The van der Waals surface area contributed by atoms with Crippen molar-refractivity contribution in [3.8, 4) is 0 Å². The lowest BCUT2D eigenvalue weighted by atomic mass is 9.99. The fourth-order valence-electron chi connectivity index (χ4n) is 2.22. The molecule has 5 heteroatoms. The minimum absolute atomic E-state index is 0.0135. The summed E-state index contributed by atoms with van der Waals surface area (Å²) in [5, 5.41) is 9.06. The zero-order chi connectivity index (χ0) is 24.3. The lowest BCUT2D eigenvalue weighted by Gasteiger charge is -2.19. The average molecular weight is 435 g/mol. The molecule has 0 unspecified atom stereocenters. The van der Waals surface area contributed by atoms with Crippen molar-refractivity contribution in [3.63, 3.8) is 0 Å². The molecule has 0 saturated carbocycles. The number of esters is 1. The maximum atomic E-state index is 11.7. The molecule has 1 rings (SSSR count). The Morgan fingerprint density at radius 2 is 1.68 bits per heavy atom. The van der Waals surface area contributed by atoms with Crippen molar-refractivity contribution in [3.05, 3.63) is 53.6 Å². The van der Waals surface area contributed by atoms with Gasteiger partial charge >= 0.3 is 5.97 Å². The first-order valence-corrected chi connectivity index (χ1v) is 11.0. The molecule has 0 fully saturated rings. The van der Waals surface area contributed by atoms with Crippen molar-refractivity contribution < 1.29 is 24.2 Å². The van der Waals surface area contributed by atoms with Gasteiger partial charge < -0.3 is 14.6 Å². The predicted octanol–water partition coefficient (Wildman–Crippen LogP) is 6.10. The lowest BCUT2D eigenvalue weighted by molar-refractivity contribution is -0.148. The van der Waals surface area contributed by atoms with Gasteiger partial charge in [0.15, 0.2) is 0 Å². The first kappa shape index (κ1) is 30.8. The zero-order valence-electron chi connectivity index (χ0n) is 20.6. The maximum Gasteiger partial charge on any atom is 0.330 e. The number of ether oxygens (including phenoxy) is 2. The second-order valence-corrected chi connectivity index (χ2v) is 7.77. The van der Waals surface area contributed by atoms with Crippen LogP contribution in [0.3, 0.4) is 0 Å². The van der Waals surface area contributed by atoms with Crippen LogP contribution in [0.2, 0.25) is 0 Å². The van der Waals surface area contributed by atoms with E-state index in [-0.39, 0.29) is 18.6 Å². The van der Waals surface area contributed by atoms with Gasteiger partial charge in [-0.2, -0.15) is 0 Å². The van der Waals surface area contributed by atoms with Gasteiger partial charge in [-0.3, -0.25) is 4.79 Å². The van der Waals surface area contributed by atoms with Gasteiger partial charge in [-0.15, -0.1) is 0 Å². The Labute approximate surface area is 189 Å². The standard InChI is InChI=1S/C21H28O5.C3H8.C2H6/c1-16(8-9-17-10-12-18(14-22)13-11-17)19(25-15-23)6-5-7-20(24)26-21(2,3)4;1-3-2;1-2/h5,7-13,15-16,19,22H,6,14H2,1-4H3;3H2,1-2H3;1-2H3/b7-5+,9-8+;;/t16-,19+;;/m1../s1. The molecule has 0 bridgehead atoms. The Morgan fingerprint density at radius 3 is 2.13 bits per heavy atom. The second-order valence-electron chi connectivity index (χ2n) is 7.77. The smallest absolute Gasteiger partial charge is 0.330 e. The fraction of sp³-hybridized carbons (Fsp3) is 0.538. The van der Waals surface area contributed by atoms with E-state index in [9.17, 15) is 9.59 Å². The van der Waals surface area contributed by atoms with Crippen LogP contribution >= 0.6 is 0 Å². The molecule has 176 valence electrons. The molecule has 1 aromatic rings. The summed E-state index contributed by atoms with van der Waals surface area (Å²) < 4.78 is 10.3. The highest BCUT2D eigenvalue weighted by molar-refractivity contribution is 5.82. The van der Waals surface area contributed by atoms with E-state index in [1.54, 1.807) is 26.8 Å². The Bertz CT molecular complexity index is 639. The first-order chi connectivity index (χ1) is 14.7. The van der Waals surface area contributed by atoms with Gasteiger partial charge in [-0.05, 0) is 31.9 Å². The molecule has 0 aliphatic rings. The van der Waals surface area contributed by atoms with E-state index in [1.165, 1.54) is 12.5 Å². The summed E-state index contributed by atoms with van der Waals surface area (Å²) in [7, 11) is 0. The molecule has 1 N–H and O–H groups in total. The molecule has 2 atom stereocenters. The molecule has 0 heterocycles. The highest BCUT2D eigenvalue weighted by Crippen LogP contribution is 2.16. The molecule has 5 nitrogen and oxygen atoms in total. The largest absolute Gasteiger partial charge is 0.464 e. The lowest BCUT2D eigenvalue weighted by Crippen LogP contribution is -2.23. The third-order valence-corrected chi connectivity index (χ3v) is 3.60. The fourth-order valence-corrected chi connectivity index (χ4v) is 2.22. The average Bonchev–Trinajstić information content (AvgIpc) is 2.72. The summed E-state index contributed by atoms with van der Waals surface area (Å²) in [6, 6.07) is 7.53. The summed E-state index contributed by atoms with van der Waals surface area (Å²) in [6.45, 7) is 16.0. The third-order valence-electron chi connectivity index (χ3n) is 3.60. The molecular weight excluding hydrogens is 392 g/mol. The van der Waals surface area contributed by atoms with Crippen molar-refractivity contribution in [2.24, 2.45) is 5.92 Å². The van der Waals surface area contributed by atoms with Gasteiger partial charge in [-0.25, -0.2) is 4.79 Å². The number of benzene rings is 1. The molecule has 0 saturated heterocycles. The molecule has 0 aliphatic heterocycles. The van der Waals surface area contributed by atoms with Crippen LogP contribution in [-0.4, -0.2) is 29.3 Å². The second kappa shape index (κ2) is 18.4. The van der Waals surface area contributed by atoms with Crippen LogP contribution in [0.1, 0.15) is 79.4 Å². The number of carbonyl (C=O) groups is 2. The molecule has 1 aromatic carbocycles. The van der Waals surface area contributed by atoms with E-state index < -0.39 is 11.6 Å². The quantitative estimate of drug-likeness (QED) is 0.289. The summed E-state index contributed by atoms with van der Waals surface area (Å²) in [6.07, 6.45) is 8.18. The minimum atomic E-state index is -0.540.